The van der Waals surface area contributed by atoms with E-state index in [-0.39, 0.29) is 18.6 Å². The molecule has 0 saturated carbocycles. The molecule has 6 heteroatoms. The van der Waals surface area contributed by atoms with Gasteiger partial charge in [0.1, 0.15) is 18.3 Å². The molecule has 0 aromatic carbocycles. The highest BCUT2D eigenvalue weighted by Gasteiger charge is 2.43. The Bertz CT molecular complexity index is 249. The molecule has 0 aromatic rings. The summed E-state index contributed by atoms with van der Waals surface area (Å²) in [6.45, 7) is 6.88. The number of aliphatic hydroxyl groups excluding tert-OH is 2. The first-order valence-electron chi connectivity index (χ1n) is 6.25. The number of aliphatic hydroxyl groups is 2. The summed E-state index contributed by atoms with van der Waals surface area (Å²) in [5, 5.41) is 21.6. The van der Waals surface area contributed by atoms with Gasteiger partial charge in [0.25, 0.3) is 0 Å². The second-order valence-electron chi connectivity index (χ2n) is 3.98. The maximum Gasteiger partial charge on any atom is 0.217 e. The Morgan fingerprint density at radius 2 is 2.00 bits per heavy atom. The van der Waals surface area contributed by atoms with Gasteiger partial charge in [-0.1, -0.05) is 13.8 Å². The van der Waals surface area contributed by atoms with Crippen LogP contribution in [0.5, 0.6) is 0 Å². The molecule has 1 heterocycles. The van der Waals surface area contributed by atoms with Gasteiger partial charge in [0.05, 0.1) is 18.8 Å². The molecule has 18 heavy (non-hydrogen) atoms. The topological polar surface area (TPSA) is 88.0 Å². The standard InChI is InChI=1S/C10H19NO5.C2H6/c1-5-8(11-6(2)13)10(15-3)9(14)7(4-12)16-5;1-2/h5,7-10,12,14H,4H2,1-3H3,(H,11,13);1-2H3. The Morgan fingerprint density at radius 1 is 1.44 bits per heavy atom. The molecule has 1 amide bonds. The Morgan fingerprint density at radius 3 is 2.39 bits per heavy atom. The Balaban J connectivity index is 0.00000137. The van der Waals surface area contributed by atoms with Crippen molar-refractivity contribution in [3.63, 3.8) is 0 Å². The molecule has 108 valence electrons. The minimum absolute atomic E-state index is 0.211. The van der Waals surface area contributed by atoms with E-state index in [1.54, 1.807) is 6.92 Å². The van der Waals surface area contributed by atoms with Crippen LogP contribution in [0.3, 0.4) is 0 Å². The molecule has 0 aromatic heterocycles. The molecule has 1 rings (SSSR count). The van der Waals surface area contributed by atoms with E-state index in [0.29, 0.717) is 0 Å². The number of methoxy groups -OCH3 is 1. The molecule has 1 saturated heterocycles. The lowest BCUT2D eigenvalue weighted by Gasteiger charge is -2.42. The number of carbonyl (C=O) groups excluding carboxylic acids is 1. The zero-order valence-electron chi connectivity index (χ0n) is 11.7. The predicted molar refractivity (Wildman–Crippen MR) is 67.2 cm³/mol. The average molecular weight is 263 g/mol. The van der Waals surface area contributed by atoms with Crippen molar-refractivity contribution in [3.05, 3.63) is 0 Å². The number of rotatable bonds is 3. The van der Waals surface area contributed by atoms with Crippen LogP contribution in [0, 0.1) is 0 Å². The van der Waals surface area contributed by atoms with Gasteiger partial charge < -0.3 is 25.0 Å². The van der Waals surface area contributed by atoms with E-state index >= 15 is 0 Å². The summed E-state index contributed by atoms with van der Waals surface area (Å²) >= 11 is 0. The molecule has 1 fully saturated rings. The van der Waals surface area contributed by atoms with Crippen molar-refractivity contribution in [1.82, 2.24) is 5.32 Å². The molecule has 0 spiro atoms. The van der Waals surface area contributed by atoms with Crippen LogP contribution < -0.4 is 5.32 Å². The van der Waals surface area contributed by atoms with Crippen molar-refractivity contribution in [2.24, 2.45) is 0 Å². The summed E-state index contributed by atoms with van der Waals surface area (Å²) in [7, 11) is 1.45. The highest BCUT2D eigenvalue weighted by atomic mass is 16.5. The first-order valence-corrected chi connectivity index (χ1v) is 6.25. The van der Waals surface area contributed by atoms with Gasteiger partial charge >= 0.3 is 0 Å². The summed E-state index contributed by atoms with van der Waals surface area (Å²) in [6, 6.07) is -0.416. The Hall–Kier alpha value is -0.690. The van der Waals surface area contributed by atoms with Gasteiger partial charge in [-0.3, -0.25) is 4.79 Å². The minimum Gasteiger partial charge on any atom is -0.394 e. The molecule has 5 unspecified atom stereocenters. The van der Waals surface area contributed by atoms with E-state index in [2.05, 4.69) is 5.32 Å². The molecule has 0 aliphatic carbocycles. The Labute approximate surface area is 108 Å². The maximum atomic E-state index is 11.0. The number of ether oxygens (including phenoxy) is 2. The first-order chi connectivity index (χ1) is 8.51. The average Bonchev–Trinajstić information content (AvgIpc) is 2.35. The zero-order chi connectivity index (χ0) is 14.3. The lowest BCUT2D eigenvalue weighted by atomic mass is 9.93. The van der Waals surface area contributed by atoms with Crippen molar-refractivity contribution >= 4 is 5.91 Å². The molecule has 6 nitrogen and oxygen atoms in total. The maximum absolute atomic E-state index is 11.0. The highest BCUT2D eigenvalue weighted by molar-refractivity contribution is 5.73. The van der Waals surface area contributed by atoms with Gasteiger partial charge in [-0.2, -0.15) is 0 Å². The molecule has 1 aliphatic rings. The fraction of sp³-hybridized carbons (Fsp3) is 0.917. The molecule has 1 aliphatic heterocycles. The van der Waals surface area contributed by atoms with E-state index in [9.17, 15) is 9.90 Å². The third-order valence-corrected chi connectivity index (χ3v) is 2.79. The normalized spacial score (nSPS) is 35.4. The van der Waals surface area contributed by atoms with Crippen molar-refractivity contribution in [2.75, 3.05) is 13.7 Å². The van der Waals surface area contributed by atoms with Crippen LogP contribution >= 0.6 is 0 Å². The first kappa shape index (κ1) is 17.3. The van der Waals surface area contributed by atoms with Crippen molar-refractivity contribution < 1.29 is 24.5 Å². The number of hydrogen-bond donors (Lipinski definition) is 3. The Kier molecular flexibility index (Phi) is 8.10. The van der Waals surface area contributed by atoms with Crippen molar-refractivity contribution in [3.8, 4) is 0 Å². The van der Waals surface area contributed by atoms with Crippen LogP contribution in [0.2, 0.25) is 0 Å². The van der Waals surface area contributed by atoms with Crippen LogP contribution in [0.25, 0.3) is 0 Å². The number of carbonyl (C=O) groups is 1. The summed E-state index contributed by atoms with van der Waals surface area (Å²) in [5.74, 6) is -0.211. The lowest BCUT2D eigenvalue weighted by molar-refractivity contribution is -0.197. The van der Waals surface area contributed by atoms with Crippen LogP contribution in [0.15, 0.2) is 0 Å². The number of hydrogen-bond acceptors (Lipinski definition) is 5. The molecular formula is C12H25NO5. The fourth-order valence-corrected chi connectivity index (χ4v) is 2.00. The van der Waals surface area contributed by atoms with Gasteiger partial charge in [0.2, 0.25) is 5.91 Å². The summed E-state index contributed by atoms with van der Waals surface area (Å²) in [4.78, 5) is 11.0. The summed E-state index contributed by atoms with van der Waals surface area (Å²) in [6.07, 6.45) is -2.53. The molecule has 0 bridgehead atoms. The van der Waals surface area contributed by atoms with Gasteiger partial charge in [-0.05, 0) is 6.92 Å². The summed E-state index contributed by atoms with van der Waals surface area (Å²) in [5.41, 5.74) is 0. The van der Waals surface area contributed by atoms with E-state index < -0.39 is 24.4 Å². The van der Waals surface area contributed by atoms with E-state index in [1.807, 2.05) is 13.8 Å². The highest BCUT2D eigenvalue weighted by Crippen LogP contribution is 2.22. The molecule has 3 N–H and O–H groups in total. The van der Waals surface area contributed by atoms with E-state index in [1.165, 1.54) is 14.0 Å². The van der Waals surface area contributed by atoms with Crippen LogP contribution in [0.4, 0.5) is 0 Å². The second-order valence-corrected chi connectivity index (χ2v) is 3.98. The van der Waals surface area contributed by atoms with Crippen LogP contribution in [-0.4, -0.2) is 60.3 Å². The molecule has 0 radical (unpaired) electrons. The smallest absolute Gasteiger partial charge is 0.217 e. The van der Waals surface area contributed by atoms with Crippen LogP contribution in [0.1, 0.15) is 27.7 Å². The summed E-state index contributed by atoms with van der Waals surface area (Å²) < 4.78 is 10.6. The fourth-order valence-electron chi connectivity index (χ4n) is 2.00. The van der Waals surface area contributed by atoms with Crippen molar-refractivity contribution in [2.45, 2.75) is 58.2 Å². The van der Waals surface area contributed by atoms with E-state index in [0.717, 1.165) is 0 Å². The second kappa shape index (κ2) is 8.42. The van der Waals surface area contributed by atoms with Gasteiger partial charge in [0, 0.05) is 14.0 Å². The van der Waals surface area contributed by atoms with Gasteiger partial charge in [-0.15, -0.1) is 0 Å². The van der Waals surface area contributed by atoms with Gasteiger partial charge in [0.15, 0.2) is 0 Å². The largest absolute Gasteiger partial charge is 0.394 e. The molecular weight excluding hydrogens is 238 g/mol. The lowest BCUT2D eigenvalue weighted by Crippen LogP contribution is -2.63. The van der Waals surface area contributed by atoms with E-state index in [4.69, 9.17) is 14.6 Å². The quantitative estimate of drug-likeness (QED) is 0.649. The minimum atomic E-state index is -0.956. The number of nitrogens with one attached hydrogen (secondary N) is 1. The van der Waals surface area contributed by atoms with Crippen molar-refractivity contribution in [1.29, 1.82) is 0 Å². The molecule has 5 atom stereocenters. The third kappa shape index (κ3) is 4.20. The zero-order valence-corrected chi connectivity index (χ0v) is 11.7. The SMILES string of the molecule is CC.COC1C(O)C(CO)OC(C)C1NC(C)=O. The monoisotopic (exact) mass is 263 g/mol. The number of amides is 1. The predicted octanol–water partition coefficient (Wildman–Crippen LogP) is -0.327. The third-order valence-electron chi connectivity index (χ3n) is 2.79. The van der Waals surface area contributed by atoms with Crippen LogP contribution in [-0.2, 0) is 14.3 Å². The van der Waals surface area contributed by atoms with Gasteiger partial charge in [-0.25, -0.2) is 0 Å².